The van der Waals surface area contributed by atoms with Crippen LogP contribution in [0.5, 0.6) is 0 Å². The van der Waals surface area contributed by atoms with Crippen LogP contribution in [0.3, 0.4) is 0 Å². The minimum Gasteiger partial charge on any atom is -0.378 e. The van der Waals surface area contributed by atoms with Crippen molar-refractivity contribution in [2.45, 2.75) is 26.2 Å². The summed E-state index contributed by atoms with van der Waals surface area (Å²) in [6, 6.07) is 2.86. The summed E-state index contributed by atoms with van der Waals surface area (Å²) in [5, 5.41) is 0.720. The lowest BCUT2D eigenvalue weighted by Gasteiger charge is -2.29. The molecule has 1 aromatic heterocycles. The lowest BCUT2D eigenvalue weighted by molar-refractivity contribution is 0.112. The molecule has 1 fully saturated rings. The van der Waals surface area contributed by atoms with Gasteiger partial charge in [0, 0.05) is 30.0 Å². The number of hydrogen-bond acceptors (Lipinski definition) is 5. The van der Waals surface area contributed by atoms with Crippen molar-refractivity contribution in [1.29, 1.82) is 0 Å². The summed E-state index contributed by atoms with van der Waals surface area (Å²) in [6.07, 6.45) is 0.525. The third kappa shape index (κ3) is 3.03. The molecule has 0 unspecified atom stereocenters. The van der Waals surface area contributed by atoms with E-state index in [9.17, 15) is 9.18 Å². The van der Waals surface area contributed by atoms with Gasteiger partial charge in [0.1, 0.15) is 5.82 Å². The van der Waals surface area contributed by atoms with Gasteiger partial charge in [0.05, 0.1) is 30.0 Å². The second kappa shape index (κ2) is 5.85. The minimum atomic E-state index is -0.556. The van der Waals surface area contributed by atoms with Gasteiger partial charge in [-0.25, -0.2) is 14.4 Å². The highest BCUT2D eigenvalue weighted by atomic mass is 19.1. The van der Waals surface area contributed by atoms with Gasteiger partial charge in [-0.05, 0) is 6.07 Å². The molecule has 1 aliphatic rings. The highest BCUT2D eigenvalue weighted by molar-refractivity contribution is 5.89. The highest BCUT2D eigenvalue weighted by Crippen LogP contribution is 2.31. The van der Waals surface area contributed by atoms with Crippen LogP contribution in [0.1, 0.15) is 36.8 Å². The molecule has 0 atom stereocenters. The number of halogens is 1. The molecule has 122 valence electrons. The fourth-order valence-corrected chi connectivity index (χ4v) is 2.72. The van der Waals surface area contributed by atoms with Gasteiger partial charge in [-0.1, -0.05) is 20.8 Å². The summed E-state index contributed by atoms with van der Waals surface area (Å²) in [5.74, 6) is 0.0305. The van der Waals surface area contributed by atoms with E-state index in [1.807, 2.05) is 25.7 Å². The monoisotopic (exact) mass is 317 g/mol. The molecular weight excluding hydrogens is 297 g/mol. The number of fused-ring (bicyclic) bond motifs is 1. The first-order chi connectivity index (χ1) is 10.9. The first-order valence-electron chi connectivity index (χ1n) is 7.70. The number of carbonyl (C=O) groups excluding carboxylic acids is 1. The molecule has 0 bridgehead atoms. The molecule has 1 aromatic carbocycles. The van der Waals surface area contributed by atoms with E-state index in [1.54, 1.807) is 6.07 Å². The van der Waals surface area contributed by atoms with Crippen LogP contribution in [-0.4, -0.2) is 42.6 Å². The van der Waals surface area contributed by atoms with Crippen LogP contribution in [0.2, 0.25) is 0 Å². The largest absolute Gasteiger partial charge is 0.378 e. The smallest absolute Gasteiger partial charge is 0.226 e. The van der Waals surface area contributed by atoms with Crippen LogP contribution >= 0.6 is 0 Å². The number of morpholine rings is 1. The van der Waals surface area contributed by atoms with Crippen molar-refractivity contribution in [3.63, 3.8) is 0 Å². The van der Waals surface area contributed by atoms with Gasteiger partial charge in [0.15, 0.2) is 6.29 Å². The topological polar surface area (TPSA) is 55.3 Å². The van der Waals surface area contributed by atoms with Gasteiger partial charge in [-0.3, -0.25) is 4.79 Å². The SMILES string of the molecule is CC(C)(C)c1nc(N2CCOCC2)nc2cc(F)c(C=O)cc12. The molecule has 0 aliphatic carbocycles. The van der Waals surface area contributed by atoms with E-state index in [0.29, 0.717) is 44.1 Å². The molecule has 1 saturated heterocycles. The van der Waals surface area contributed by atoms with E-state index in [1.165, 1.54) is 6.07 Å². The second-order valence-corrected chi connectivity index (χ2v) is 6.73. The molecule has 0 N–H and O–H groups in total. The summed E-state index contributed by atoms with van der Waals surface area (Å²) < 4.78 is 19.4. The molecule has 2 aromatic rings. The Hall–Kier alpha value is -2.08. The standard InChI is InChI=1S/C17H20FN3O2/c1-17(2,3)15-12-8-11(10-22)13(18)9-14(12)19-16(20-15)21-4-6-23-7-5-21/h8-10H,4-7H2,1-3H3. The zero-order valence-corrected chi connectivity index (χ0v) is 13.6. The Morgan fingerprint density at radius 2 is 1.91 bits per heavy atom. The predicted molar refractivity (Wildman–Crippen MR) is 86.6 cm³/mol. The Morgan fingerprint density at radius 3 is 2.52 bits per heavy atom. The molecule has 5 nitrogen and oxygen atoms in total. The van der Waals surface area contributed by atoms with Crippen LogP contribution in [0, 0.1) is 5.82 Å². The Balaban J connectivity index is 2.23. The van der Waals surface area contributed by atoms with E-state index < -0.39 is 5.82 Å². The molecule has 0 amide bonds. The summed E-state index contributed by atoms with van der Waals surface area (Å²) in [7, 11) is 0. The summed E-state index contributed by atoms with van der Waals surface area (Å²) in [5.41, 5.74) is 1.12. The van der Waals surface area contributed by atoms with Gasteiger partial charge >= 0.3 is 0 Å². The van der Waals surface area contributed by atoms with Crippen molar-refractivity contribution in [3.8, 4) is 0 Å². The second-order valence-electron chi connectivity index (χ2n) is 6.73. The maximum absolute atomic E-state index is 14.0. The highest BCUT2D eigenvalue weighted by Gasteiger charge is 2.24. The number of benzene rings is 1. The predicted octanol–water partition coefficient (Wildman–Crippen LogP) is 2.72. The molecule has 2 heterocycles. The van der Waals surface area contributed by atoms with Crippen molar-refractivity contribution in [3.05, 3.63) is 29.2 Å². The summed E-state index contributed by atoms with van der Waals surface area (Å²) in [4.78, 5) is 22.3. The van der Waals surface area contributed by atoms with E-state index in [0.717, 1.165) is 11.1 Å². The fraction of sp³-hybridized carbons (Fsp3) is 0.471. The van der Waals surface area contributed by atoms with Gasteiger partial charge in [-0.2, -0.15) is 0 Å². The van der Waals surface area contributed by atoms with Gasteiger partial charge in [0.2, 0.25) is 5.95 Å². The zero-order valence-electron chi connectivity index (χ0n) is 13.6. The number of ether oxygens (including phenoxy) is 1. The van der Waals surface area contributed by atoms with E-state index in [-0.39, 0.29) is 11.0 Å². The fourth-order valence-electron chi connectivity index (χ4n) is 2.72. The van der Waals surface area contributed by atoms with Gasteiger partial charge in [-0.15, -0.1) is 0 Å². The molecule has 6 heteroatoms. The van der Waals surface area contributed by atoms with Gasteiger partial charge in [0.25, 0.3) is 0 Å². The Labute approximate surface area is 134 Å². The van der Waals surface area contributed by atoms with Gasteiger partial charge < -0.3 is 9.64 Å². The number of anilines is 1. The lowest BCUT2D eigenvalue weighted by Crippen LogP contribution is -2.37. The van der Waals surface area contributed by atoms with Crippen molar-refractivity contribution in [2.24, 2.45) is 0 Å². The number of carbonyl (C=O) groups is 1. The van der Waals surface area contributed by atoms with Crippen molar-refractivity contribution < 1.29 is 13.9 Å². The Bertz CT molecular complexity index is 750. The molecule has 0 saturated carbocycles. The van der Waals surface area contributed by atoms with Crippen LogP contribution in [0.25, 0.3) is 10.9 Å². The molecular formula is C17H20FN3O2. The van der Waals surface area contributed by atoms with E-state index in [2.05, 4.69) is 4.98 Å². The first-order valence-corrected chi connectivity index (χ1v) is 7.70. The third-order valence-corrected chi connectivity index (χ3v) is 3.93. The average Bonchev–Trinajstić information content (AvgIpc) is 2.53. The maximum atomic E-state index is 14.0. The minimum absolute atomic E-state index is 0.0331. The van der Waals surface area contributed by atoms with E-state index in [4.69, 9.17) is 9.72 Å². The van der Waals surface area contributed by atoms with Crippen molar-refractivity contribution in [2.75, 3.05) is 31.2 Å². The van der Waals surface area contributed by atoms with E-state index >= 15 is 0 Å². The summed E-state index contributed by atoms with van der Waals surface area (Å²) >= 11 is 0. The normalized spacial score (nSPS) is 15.9. The lowest BCUT2D eigenvalue weighted by atomic mass is 9.88. The van der Waals surface area contributed by atoms with Crippen LogP contribution in [0.4, 0.5) is 10.3 Å². The van der Waals surface area contributed by atoms with Crippen LogP contribution in [-0.2, 0) is 10.2 Å². The molecule has 0 radical (unpaired) electrons. The third-order valence-electron chi connectivity index (χ3n) is 3.93. The molecule has 3 rings (SSSR count). The number of rotatable bonds is 2. The van der Waals surface area contributed by atoms with Crippen LogP contribution in [0.15, 0.2) is 12.1 Å². The molecule has 1 aliphatic heterocycles. The van der Waals surface area contributed by atoms with Crippen molar-refractivity contribution >= 4 is 23.1 Å². The number of nitrogens with zero attached hydrogens (tertiary/aromatic N) is 3. The molecule has 23 heavy (non-hydrogen) atoms. The first kappa shape index (κ1) is 15.8. The zero-order chi connectivity index (χ0) is 16.6. The average molecular weight is 317 g/mol. The Kier molecular flexibility index (Phi) is 4.02. The molecule has 0 spiro atoms. The Morgan fingerprint density at radius 1 is 1.22 bits per heavy atom. The summed E-state index contributed by atoms with van der Waals surface area (Å²) in [6.45, 7) is 8.81. The van der Waals surface area contributed by atoms with Crippen molar-refractivity contribution in [1.82, 2.24) is 9.97 Å². The number of aldehydes is 1. The number of aromatic nitrogens is 2. The maximum Gasteiger partial charge on any atom is 0.226 e. The van der Waals surface area contributed by atoms with Crippen LogP contribution < -0.4 is 4.90 Å². The quantitative estimate of drug-likeness (QED) is 0.797. The number of hydrogen-bond donors (Lipinski definition) is 0.